The zero-order chi connectivity index (χ0) is 27.9. The predicted molar refractivity (Wildman–Crippen MR) is 155 cm³/mol. The summed E-state index contributed by atoms with van der Waals surface area (Å²) < 4.78 is 10.6. The van der Waals surface area contributed by atoms with Crippen molar-refractivity contribution in [1.82, 2.24) is 0 Å². The normalized spacial score (nSPS) is 13.4. The molecule has 40 heavy (non-hydrogen) atoms. The molecule has 0 atom stereocenters. The Morgan fingerprint density at radius 3 is 2.15 bits per heavy atom. The topological polar surface area (TPSA) is 76.1 Å². The lowest BCUT2D eigenvalue weighted by atomic mass is 9.84. The molecule has 1 fully saturated rings. The molecule has 0 radical (unpaired) electrons. The highest BCUT2D eigenvalue weighted by Crippen LogP contribution is 2.33. The molecule has 6 nitrogen and oxygen atoms in total. The van der Waals surface area contributed by atoms with Gasteiger partial charge in [-0.3, -0.25) is 4.79 Å². The minimum Gasteiger partial charge on any atom is -0.507 e. The van der Waals surface area contributed by atoms with Gasteiger partial charge < -0.3 is 19.5 Å². The largest absolute Gasteiger partial charge is 0.507 e. The van der Waals surface area contributed by atoms with Crippen LogP contribution < -0.4 is 9.64 Å². The summed E-state index contributed by atoms with van der Waals surface area (Å²) in [6.45, 7) is 0.295. The fourth-order valence-electron chi connectivity index (χ4n) is 5.21. The molecular formula is C34H33NO5. The van der Waals surface area contributed by atoms with Crippen molar-refractivity contribution < 1.29 is 24.2 Å². The van der Waals surface area contributed by atoms with Gasteiger partial charge in [-0.25, -0.2) is 4.79 Å². The number of methoxy groups -OCH3 is 1. The van der Waals surface area contributed by atoms with Gasteiger partial charge in [-0.05, 0) is 78.4 Å². The Morgan fingerprint density at radius 2 is 1.50 bits per heavy atom. The SMILES string of the molecule is COC(=O)c1ccc(N(Cc2ccc(C3CCCCC3)cc2)C(=O)c2ccc(Oc3ccccc3)cc2)cc1O. The second kappa shape index (κ2) is 12.5. The van der Waals surface area contributed by atoms with E-state index in [2.05, 4.69) is 24.3 Å². The number of rotatable bonds is 8. The van der Waals surface area contributed by atoms with Crippen LogP contribution in [0.5, 0.6) is 17.2 Å². The van der Waals surface area contributed by atoms with E-state index in [1.54, 1.807) is 35.2 Å². The summed E-state index contributed by atoms with van der Waals surface area (Å²) in [6.07, 6.45) is 6.30. The number of para-hydroxylation sites is 1. The van der Waals surface area contributed by atoms with Crippen LogP contribution in [0.25, 0.3) is 0 Å². The molecule has 1 amide bonds. The maximum absolute atomic E-state index is 13.8. The molecule has 0 aliphatic heterocycles. The Balaban J connectivity index is 1.41. The average molecular weight is 536 g/mol. The third-order valence-corrected chi connectivity index (χ3v) is 7.42. The quantitative estimate of drug-likeness (QED) is 0.232. The van der Waals surface area contributed by atoms with Crippen molar-refractivity contribution in [3.05, 3.63) is 119 Å². The van der Waals surface area contributed by atoms with Crippen LogP contribution in [0.4, 0.5) is 5.69 Å². The molecule has 204 valence electrons. The lowest BCUT2D eigenvalue weighted by molar-refractivity contribution is 0.0597. The van der Waals surface area contributed by atoms with E-state index in [0.717, 1.165) is 5.56 Å². The molecule has 6 heteroatoms. The van der Waals surface area contributed by atoms with Crippen LogP contribution in [0.15, 0.2) is 97.1 Å². The zero-order valence-corrected chi connectivity index (χ0v) is 22.6. The van der Waals surface area contributed by atoms with Gasteiger partial charge in [0, 0.05) is 17.3 Å². The van der Waals surface area contributed by atoms with Crippen LogP contribution in [0.2, 0.25) is 0 Å². The Bertz CT molecular complexity index is 1440. The van der Waals surface area contributed by atoms with Gasteiger partial charge in [0.05, 0.1) is 13.7 Å². The van der Waals surface area contributed by atoms with Crippen molar-refractivity contribution in [2.75, 3.05) is 12.0 Å². The number of ether oxygens (including phenoxy) is 2. The zero-order valence-electron chi connectivity index (χ0n) is 22.6. The second-order valence-electron chi connectivity index (χ2n) is 10.1. The van der Waals surface area contributed by atoms with E-state index in [9.17, 15) is 14.7 Å². The lowest BCUT2D eigenvalue weighted by Crippen LogP contribution is -2.30. The smallest absolute Gasteiger partial charge is 0.341 e. The van der Waals surface area contributed by atoms with Crippen LogP contribution in [0.3, 0.4) is 0 Å². The van der Waals surface area contributed by atoms with Gasteiger partial charge in [0.15, 0.2) is 0 Å². The summed E-state index contributed by atoms with van der Waals surface area (Å²) in [5.74, 6) is 0.789. The van der Waals surface area contributed by atoms with Gasteiger partial charge in [-0.1, -0.05) is 61.7 Å². The van der Waals surface area contributed by atoms with Crippen LogP contribution in [0, 0.1) is 0 Å². The van der Waals surface area contributed by atoms with Crippen LogP contribution >= 0.6 is 0 Å². The van der Waals surface area contributed by atoms with Gasteiger partial charge in [0.25, 0.3) is 5.91 Å². The van der Waals surface area contributed by atoms with Gasteiger partial charge in [-0.2, -0.15) is 0 Å². The molecule has 0 heterocycles. The third-order valence-electron chi connectivity index (χ3n) is 7.42. The molecule has 4 aromatic carbocycles. The molecule has 0 aromatic heterocycles. The van der Waals surface area contributed by atoms with E-state index < -0.39 is 5.97 Å². The van der Waals surface area contributed by atoms with Crippen molar-refractivity contribution in [3.8, 4) is 17.2 Å². The van der Waals surface area contributed by atoms with Gasteiger partial charge in [0.2, 0.25) is 0 Å². The second-order valence-corrected chi connectivity index (χ2v) is 10.1. The first-order valence-electron chi connectivity index (χ1n) is 13.7. The third kappa shape index (κ3) is 6.34. The molecule has 0 saturated heterocycles. The Kier molecular flexibility index (Phi) is 8.45. The highest BCUT2D eigenvalue weighted by Gasteiger charge is 2.22. The number of benzene rings is 4. The number of carbonyl (C=O) groups is 2. The van der Waals surface area contributed by atoms with E-state index >= 15 is 0 Å². The summed E-state index contributed by atoms with van der Waals surface area (Å²) in [4.78, 5) is 27.4. The number of nitrogens with zero attached hydrogens (tertiary/aromatic N) is 1. The van der Waals surface area contributed by atoms with Gasteiger partial charge in [-0.15, -0.1) is 0 Å². The summed E-state index contributed by atoms with van der Waals surface area (Å²) >= 11 is 0. The average Bonchev–Trinajstić information content (AvgIpc) is 3.01. The summed E-state index contributed by atoms with van der Waals surface area (Å²) in [7, 11) is 1.26. The standard InChI is InChI=1S/C34H33NO5/c1-39-34(38)31-21-18-28(22-32(31)36)35(23-24-12-14-26(15-13-24)25-8-4-2-5-9-25)33(37)27-16-19-30(20-17-27)40-29-10-6-3-7-11-29/h3,6-7,10-22,25,36H,2,4-5,8-9,23H2,1H3. The maximum Gasteiger partial charge on any atom is 0.341 e. The van der Waals surface area contributed by atoms with Gasteiger partial charge >= 0.3 is 5.97 Å². The highest BCUT2D eigenvalue weighted by molar-refractivity contribution is 6.06. The molecule has 1 aliphatic rings. The number of phenolic OH excluding ortho intramolecular Hbond substituents is 1. The molecule has 0 bridgehead atoms. The Labute approximate surface area is 234 Å². The summed E-state index contributed by atoms with van der Waals surface area (Å²) in [5.41, 5.74) is 3.29. The fourth-order valence-corrected chi connectivity index (χ4v) is 5.21. The van der Waals surface area contributed by atoms with E-state index in [1.165, 1.54) is 56.9 Å². The number of amides is 1. The Hall–Kier alpha value is -4.58. The monoisotopic (exact) mass is 535 g/mol. The van der Waals surface area contributed by atoms with E-state index in [1.807, 2.05) is 30.3 Å². The molecule has 1 saturated carbocycles. The number of anilines is 1. The van der Waals surface area contributed by atoms with Crippen LogP contribution in [0.1, 0.15) is 69.9 Å². The highest BCUT2D eigenvalue weighted by atomic mass is 16.5. The molecule has 4 aromatic rings. The first-order valence-corrected chi connectivity index (χ1v) is 13.7. The number of phenols is 1. The minimum absolute atomic E-state index is 0.0397. The maximum atomic E-state index is 13.8. The van der Waals surface area contributed by atoms with Crippen LogP contribution in [-0.4, -0.2) is 24.1 Å². The molecular weight excluding hydrogens is 502 g/mol. The van der Waals surface area contributed by atoms with E-state index in [0.29, 0.717) is 35.2 Å². The molecule has 0 spiro atoms. The first-order chi connectivity index (χ1) is 19.5. The van der Waals surface area contributed by atoms with Crippen molar-refractivity contribution in [2.24, 2.45) is 0 Å². The predicted octanol–water partition coefficient (Wildman–Crippen LogP) is 7.87. The first kappa shape index (κ1) is 27.0. The summed E-state index contributed by atoms with van der Waals surface area (Å²) in [6, 6.07) is 29.4. The number of carbonyl (C=O) groups excluding carboxylic acids is 2. The molecule has 0 unspecified atom stereocenters. The fraction of sp³-hybridized carbons (Fsp3) is 0.235. The minimum atomic E-state index is -0.644. The number of aromatic hydroxyl groups is 1. The number of hydrogen-bond acceptors (Lipinski definition) is 5. The van der Waals surface area contributed by atoms with Crippen LogP contribution in [-0.2, 0) is 11.3 Å². The van der Waals surface area contributed by atoms with E-state index in [4.69, 9.17) is 9.47 Å². The number of esters is 1. The van der Waals surface area contributed by atoms with Crippen molar-refractivity contribution >= 4 is 17.6 Å². The van der Waals surface area contributed by atoms with Crippen molar-refractivity contribution in [2.45, 2.75) is 44.6 Å². The number of hydrogen-bond donors (Lipinski definition) is 1. The van der Waals surface area contributed by atoms with Crippen molar-refractivity contribution in [1.29, 1.82) is 0 Å². The molecule has 1 aliphatic carbocycles. The van der Waals surface area contributed by atoms with Crippen molar-refractivity contribution in [3.63, 3.8) is 0 Å². The molecule has 5 rings (SSSR count). The lowest BCUT2D eigenvalue weighted by Gasteiger charge is -2.25. The summed E-state index contributed by atoms with van der Waals surface area (Å²) in [5, 5.41) is 10.6. The van der Waals surface area contributed by atoms with Gasteiger partial charge in [0.1, 0.15) is 22.8 Å². The molecule has 1 N–H and O–H groups in total. The Morgan fingerprint density at radius 1 is 0.825 bits per heavy atom. The van der Waals surface area contributed by atoms with E-state index in [-0.39, 0.29) is 17.2 Å².